The molecule has 0 aliphatic carbocycles. The van der Waals surface area contributed by atoms with E-state index in [9.17, 15) is 0 Å². The van der Waals surface area contributed by atoms with Crippen molar-refractivity contribution >= 4 is 27.5 Å². The maximum absolute atomic E-state index is 5.99. The quantitative estimate of drug-likeness (QED) is 0.787. The summed E-state index contributed by atoms with van der Waals surface area (Å²) in [6.07, 6.45) is 1.05. The van der Waals surface area contributed by atoms with E-state index >= 15 is 0 Å². The number of nitrogens with zero attached hydrogens (tertiary/aromatic N) is 2. The van der Waals surface area contributed by atoms with Crippen LogP contribution in [0.4, 0.5) is 0 Å². The van der Waals surface area contributed by atoms with Crippen molar-refractivity contribution in [3.05, 3.63) is 22.5 Å². The minimum atomic E-state index is 0.408. The summed E-state index contributed by atoms with van der Waals surface area (Å²) in [5.74, 6) is 0.408. The van der Waals surface area contributed by atoms with E-state index in [1.165, 1.54) is 0 Å². The van der Waals surface area contributed by atoms with Gasteiger partial charge in [0.25, 0.3) is 0 Å². The molecule has 2 unspecified atom stereocenters. The minimum absolute atomic E-state index is 0.408. The maximum Gasteiger partial charge on any atom is 0.155 e. The Morgan fingerprint density at radius 2 is 2.07 bits per heavy atom. The van der Waals surface area contributed by atoms with Crippen LogP contribution < -0.4 is 0 Å². The van der Waals surface area contributed by atoms with E-state index in [0.717, 1.165) is 17.7 Å². The van der Waals surface area contributed by atoms with Gasteiger partial charge in [0.15, 0.2) is 5.15 Å². The number of hydrogen-bond donors (Lipinski definition) is 0. The zero-order valence-corrected chi connectivity index (χ0v) is 10.9. The molecule has 14 heavy (non-hydrogen) atoms. The topological polar surface area (TPSA) is 25.8 Å². The van der Waals surface area contributed by atoms with Gasteiger partial charge in [-0.3, -0.25) is 0 Å². The first-order valence-electron chi connectivity index (χ1n) is 4.64. The van der Waals surface area contributed by atoms with Gasteiger partial charge in [-0.1, -0.05) is 41.4 Å². The lowest BCUT2D eigenvalue weighted by molar-refractivity contribution is 0.674. The van der Waals surface area contributed by atoms with Crippen LogP contribution in [-0.2, 0) is 0 Å². The summed E-state index contributed by atoms with van der Waals surface area (Å²) >= 11 is 9.52. The van der Waals surface area contributed by atoms with Crippen molar-refractivity contribution < 1.29 is 0 Å². The summed E-state index contributed by atoms with van der Waals surface area (Å²) in [4.78, 5) is 0.488. The Kier molecular flexibility index (Phi) is 4.32. The van der Waals surface area contributed by atoms with Crippen LogP contribution >= 0.6 is 27.5 Å². The van der Waals surface area contributed by atoms with Crippen LogP contribution in [-0.4, -0.2) is 15.0 Å². The fraction of sp³-hybridized carbons (Fsp3) is 0.600. The van der Waals surface area contributed by atoms with Gasteiger partial charge in [0.05, 0.1) is 5.69 Å². The smallest absolute Gasteiger partial charge is 0.154 e. The van der Waals surface area contributed by atoms with Crippen molar-refractivity contribution in [2.45, 2.75) is 37.9 Å². The zero-order valence-electron chi connectivity index (χ0n) is 8.59. The lowest BCUT2D eigenvalue weighted by Gasteiger charge is -2.14. The molecular formula is C10H14BrClN2. The summed E-state index contributed by atoms with van der Waals surface area (Å²) < 4.78 is 0. The molecule has 0 bridgehead atoms. The first-order valence-corrected chi connectivity index (χ1v) is 5.94. The third kappa shape index (κ3) is 3.21. The molecule has 0 saturated carbocycles. The van der Waals surface area contributed by atoms with Gasteiger partial charge in [-0.25, -0.2) is 0 Å². The van der Waals surface area contributed by atoms with Crippen molar-refractivity contribution in [2.75, 3.05) is 0 Å². The Morgan fingerprint density at radius 3 is 2.64 bits per heavy atom. The summed E-state index contributed by atoms with van der Waals surface area (Å²) in [6.45, 7) is 6.21. The van der Waals surface area contributed by atoms with Crippen molar-refractivity contribution in [1.29, 1.82) is 0 Å². The van der Waals surface area contributed by atoms with Gasteiger partial charge >= 0.3 is 0 Å². The predicted molar refractivity (Wildman–Crippen MR) is 63.2 cm³/mol. The molecule has 1 heterocycles. The fourth-order valence-corrected chi connectivity index (χ4v) is 2.29. The monoisotopic (exact) mass is 276 g/mol. The second kappa shape index (κ2) is 5.08. The molecule has 1 aromatic heterocycles. The van der Waals surface area contributed by atoms with E-state index < -0.39 is 0 Å². The van der Waals surface area contributed by atoms with Gasteiger partial charge in [-0.05, 0) is 30.9 Å². The van der Waals surface area contributed by atoms with E-state index in [1.807, 2.05) is 13.0 Å². The number of hydrogen-bond acceptors (Lipinski definition) is 2. The molecule has 0 fully saturated rings. The number of rotatable bonds is 3. The first-order chi connectivity index (χ1) is 6.50. The predicted octanol–water partition coefficient (Wildman–Crippen LogP) is 3.72. The van der Waals surface area contributed by atoms with Gasteiger partial charge in [0.2, 0.25) is 0 Å². The molecule has 4 heteroatoms. The lowest BCUT2D eigenvalue weighted by Crippen LogP contribution is -2.03. The first kappa shape index (κ1) is 11.9. The molecule has 0 aromatic carbocycles. The number of aryl methyl sites for hydroxylation is 1. The SMILES string of the molecule is Cc1cc(C(C)CC(C)Br)c(Cl)nn1. The Labute approximate surface area is 98.2 Å². The molecule has 2 atom stereocenters. The number of halogens is 2. The summed E-state index contributed by atoms with van der Waals surface area (Å²) in [7, 11) is 0. The Hall–Kier alpha value is -0.150. The molecule has 0 aliphatic rings. The van der Waals surface area contributed by atoms with Crippen LogP contribution in [0.2, 0.25) is 5.15 Å². The molecule has 0 aliphatic heterocycles. The molecule has 2 nitrogen and oxygen atoms in total. The minimum Gasteiger partial charge on any atom is -0.154 e. The fourth-order valence-electron chi connectivity index (χ4n) is 1.45. The Morgan fingerprint density at radius 1 is 1.43 bits per heavy atom. The molecule has 78 valence electrons. The second-order valence-corrected chi connectivity index (χ2v) is 5.57. The standard InChI is InChI=1S/C10H14BrClN2/c1-6(4-7(2)11)9-5-8(3)13-14-10(9)12/h5-7H,4H2,1-3H3. The lowest BCUT2D eigenvalue weighted by atomic mass is 9.98. The highest BCUT2D eigenvalue weighted by Gasteiger charge is 2.13. The maximum atomic E-state index is 5.99. The molecule has 0 saturated heterocycles. The van der Waals surface area contributed by atoms with Crippen LogP contribution in [0.3, 0.4) is 0 Å². The Balaban J connectivity index is 2.88. The third-order valence-electron chi connectivity index (χ3n) is 2.11. The summed E-state index contributed by atoms with van der Waals surface area (Å²) in [5.41, 5.74) is 2.00. The van der Waals surface area contributed by atoms with Crippen LogP contribution in [0, 0.1) is 6.92 Å². The van der Waals surface area contributed by atoms with Crippen LogP contribution in [0.15, 0.2) is 6.07 Å². The largest absolute Gasteiger partial charge is 0.155 e. The van der Waals surface area contributed by atoms with Gasteiger partial charge < -0.3 is 0 Å². The van der Waals surface area contributed by atoms with E-state index in [0.29, 0.717) is 15.9 Å². The summed E-state index contributed by atoms with van der Waals surface area (Å²) in [6, 6.07) is 2.01. The Bertz CT molecular complexity index is 315. The van der Waals surface area contributed by atoms with Crippen LogP contribution in [0.5, 0.6) is 0 Å². The van der Waals surface area contributed by atoms with Crippen molar-refractivity contribution in [2.24, 2.45) is 0 Å². The summed E-state index contributed by atoms with van der Waals surface area (Å²) in [5, 5.41) is 8.34. The van der Waals surface area contributed by atoms with E-state index in [4.69, 9.17) is 11.6 Å². The van der Waals surface area contributed by atoms with E-state index in [2.05, 4.69) is 40.0 Å². The van der Waals surface area contributed by atoms with Crippen molar-refractivity contribution in [1.82, 2.24) is 10.2 Å². The van der Waals surface area contributed by atoms with Gasteiger partial charge in [-0.2, -0.15) is 5.10 Å². The normalized spacial score (nSPS) is 15.2. The molecular weight excluding hydrogens is 263 g/mol. The van der Waals surface area contributed by atoms with Crippen molar-refractivity contribution in [3.8, 4) is 0 Å². The molecule has 0 radical (unpaired) electrons. The van der Waals surface area contributed by atoms with E-state index in [1.54, 1.807) is 0 Å². The van der Waals surface area contributed by atoms with Gasteiger partial charge in [0, 0.05) is 4.83 Å². The third-order valence-corrected chi connectivity index (χ3v) is 2.78. The highest BCUT2D eigenvalue weighted by molar-refractivity contribution is 9.09. The van der Waals surface area contributed by atoms with Crippen LogP contribution in [0.1, 0.15) is 37.4 Å². The van der Waals surface area contributed by atoms with Gasteiger partial charge in [-0.15, -0.1) is 5.10 Å². The van der Waals surface area contributed by atoms with E-state index in [-0.39, 0.29) is 0 Å². The zero-order chi connectivity index (χ0) is 10.7. The molecule has 1 aromatic rings. The average Bonchev–Trinajstić information content (AvgIpc) is 2.08. The second-order valence-electron chi connectivity index (χ2n) is 3.65. The van der Waals surface area contributed by atoms with Crippen LogP contribution in [0.25, 0.3) is 0 Å². The highest BCUT2D eigenvalue weighted by atomic mass is 79.9. The number of alkyl halides is 1. The average molecular weight is 278 g/mol. The molecule has 0 spiro atoms. The van der Waals surface area contributed by atoms with Crippen molar-refractivity contribution in [3.63, 3.8) is 0 Å². The van der Waals surface area contributed by atoms with Gasteiger partial charge in [0.1, 0.15) is 0 Å². The molecule has 0 N–H and O–H groups in total. The molecule has 1 rings (SSSR count). The molecule has 0 amide bonds. The highest BCUT2D eigenvalue weighted by Crippen LogP contribution is 2.27. The number of aromatic nitrogens is 2.